The smallest absolute Gasteiger partial charge is 0.344 e. The number of hydrogen-bond acceptors (Lipinski definition) is 6. The quantitative estimate of drug-likeness (QED) is 0.337. The molecule has 0 fully saturated rings. The topological polar surface area (TPSA) is 95.7 Å². The van der Waals surface area contributed by atoms with Gasteiger partial charge in [0.1, 0.15) is 0 Å². The molecule has 102 valence electrons. The van der Waals surface area contributed by atoms with E-state index in [0.717, 1.165) is 6.07 Å². The van der Waals surface area contributed by atoms with Crippen molar-refractivity contribution in [1.29, 1.82) is 0 Å². The zero-order chi connectivity index (χ0) is 14.4. The molecule has 7 nitrogen and oxygen atoms in total. The van der Waals surface area contributed by atoms with Gasteiger partial charge in [-0.3, -0.25) is 14.9 Å². The molecule has 0 amide bonds. The van der Waals surface area contributed by atoms with Crippen molar-refractivity contribution in [3.05, 3.63) is 33.9 Å². The van der Waals surface area contributed by atoms with E-state index in [9.17, 15) is 19.7 Å². The SMILES string of the molecule is CCOC(=O)COc1ccc(C(C)=O)cc1[N+](=O)[O-]. The highest BCUT2D eigenvalue weighted by Gasteiger charge is 2.18. The summed E-state index contributed by atoms with van der Waals surface area (Å²) in [5.74, 6) is -0.990. The van der Waals surface area contributed by atoms with Gasteiger partial charge in [-0.05, 0) is 26.0 Å². The molecule has 1 aromatic carbocycles. The Morgan fingerprint density at radius 3 is 2.58 bits per heavy atom. The van der Waals surface area contributed by atoms with Gasteiger partial charge in [0.15, 0.2) is 18.1 Å². The predicted molar refractivity (Wildman–Crippen MR) is 65.2 cm³/mol. The van der Waals surface area contributed by atoms with Crippen molar-refractivity contribution in [3.8, 4) is 5.75 Å². The van der Waals surface area contributed by atoms with E-state index in [0.29, 0.717) is 0 Å². The summed E-state index contributed by atoms with van der Waals surface area (Å²) >= 11 is 0. The first kappa shape index (κ1) is 14.6. The van der Waals surface area contributed by atoms with Crippen molar-refractivity contribution in [3.63, 3.8) is 0 Å². The molecule has 1 aromatic rings. The molecule has 0 atom stereocenters. The molecule has 0 unspecified atom stereocenters. The minimum absolute atomic E-state index is 0.0805. The van der Waals surface area contributed by atoms with Crippen molar-refractivity contribution < 1.29 is 24.0 Å². The average molecular weight is 267 g/mol. The number of carbonyl (C=O) groups is 2. The number of ketones is 1. The summed E-state index contributed by atoms with van der Waals surface area (Å²) < 4.78 is 9.66. The highest BCUT2D eigenvalue weighted by Crippen LogP contribution is 2.28. The lowest BCUT2D eigenvalue weighted by Gasteiger charge is -2.07. The number of esters is 1. The Hall–Kier alpha value is -2.44. The fourth-order valence-corrected chi connectivity index (χ4v) is 1.34. The minimum Gasteiger partial charge on any atom is -0.475 e. The lowest BCUT2D eigenvalue weighted by Crippen LogP contribution is -2.15. The number of nitro benzene ring substituents is 1. The van der Waals surface area contributed by atoms with E-state index in [-0.39, 0.29) is 29.4 Å². The Kier molecular flexibility index (Phi) is 4.99. The Bertz CT molecular complexity index is 511. The molecule has 0 N–H and O–H groups in total. The number of benzene rings is 1. The second-order valence-electron chi connectivity index (χ2n) is 3.59. The second kappa shape index (κ2) is 6.48. The van der Waals surface area contributed by atoms with Crippen molar-refractivity contribution in [2.75, 3.05) is 13.2 Å². The number of rotatable bonds is 6. The molecule has 0 aromatic heterocycles. The minimum atomic E-state index is -0.674. The molecule has 1 rings (SSSR count). The van der Waals surface area contributed by atoms with Gasteiger partial charge in [0.05, 0.1) is 11.5 Å². The van der Waals surface area contributed by atoms with Crippen LogP contribution in [-0.4, -0.2) is 29.9 Å². The van der Waals surface area contributed by atoms with E-state index >= 15 is 0 Å². The van der Waals surface area contributed by atoms with Gasteiger partial charge in [-0.15, -0.1) is 0 Å². The summed E-state index contributed by atoms with van der Waals surface area (Å²) in [7, 11) is 0. The van der Waals surface area contributed by atoms with Crippen LogP contribution in [0.5, 0.6) is 5.75 Å². The van der Waals surface area contributed by atoms with Gasteiger partial charge in [0, 0.05) is 11.6 Å². The summed E-state index contributed by atoms with van der Waals surface area (Å²) in [4.78, 5) is 32.4. The van der Waals surface area contributed by atoms with Gasteiger partial charge in [0.25, 0.3) is 0 Å². The van der Waals surface area contributed by atoms with Crippen LogP contribution in [0.25, 0.3) is 0 Å². The van der Waals surface area contributed by atoms with Crippen LogP contribution in [0.1, 0.15) is 24.2 Å². The van der Waals surface area contributed by atoms with E-state index in [1.54, 1.807) is 6.92 Å². The third kappa shape index (κ3) is 4.06. The maximum atomic E-state index is 11.1. The molecule has 0 radical (unpaired) electrons. The zero-order valence-corrected chi connectivity index (χ0v) is 10.5. The molecule has 0 aliphatic carbocycles. The molecule has 0 saturated heterocycles. The molecule has 7 heteroatoms. The fraction of sp³-hybridized carbons (Fsp3) is 0.333. The van der Waals surface area contributed by atoms with E-state index in [2.05, 4.69) is 4.74 Å². The van der Waals surface area contributed by atoms with Crippen molar-refractivity contribution in [2.24, 2.45) is 0 Å². The van der Waals surface area contributed by atoms with E-state index < -0.39 is 17.5 Å². The molecular weight excluding hydrogens is 254 g/mol. The van der Waals surface area contributed by atoms with Gasteiger partial charge in [-0.25, -0.2) is 4.79 Å². The number of ether oxygens (including phenoxy) is 2. The summed E-state index contributed by atoms with van der Waals surface area (Å²) in [6, 6.07) is 3.80. The van der Waals surface area contributed by atoms with Gasteiger partial charge in [-0.2, -0.15) is 0 Å². The molecule has 19 heavy (non-hydrogen) atoms. The first-order valence-electron chi connectivity index (χ1n) is 5.53. The van der Waals surface area contributed by atoms with E-state index in [1.807, 2.05) is 0 Å². The standard InChI is InChI=1S/C12H13NO6/c1-3-18-12(15)7-19-11-5-4-9(8(2)14)6-10(11)13(16)17/h4-6H,3,7H2,1-2H3. The highest BCUT2D eigenvalue weighted by atomic mass is 16.6. The molecule has 0 spiro atoms. The van der Waals surface area contributed by atoms with E-state index in [4.69, 9.17) is 4.74 Å². The molecule has 0 aliphatic heterocycles. The zero-order valence-electron chi connectivity index (χ0n) is 10.5. The van der Waals surface area contributed by atoms with Crippen LogP contribution in [0.4, 0.5) is 5.69 Å². The summed E-state index contributed by atoms with van der Waals surface area (Å²) in [5.41, 5.74) is -0.160. The lowest BCUT2D eigenvalue weighted by atomic mass is 10.1. The number of nitrogens with zero attached hydrogens (tertiary/aromatic N) is 1. The van der Waals surface area contributed by atoms with Gasteiger partial charge in [0.2, 0.25) is 0 Å². The third-order valence-electron chi connectivity index (χ3n) is 2.21. The van der Waals surface area contributed by atoms with Crippen LogP contribution in [-0.2, 0) is 9.53 Å². The van der Waals surface area contributed by atoms with Crippen molar-refractivity contribution in [2.45, 2.75) is 13.8 Å². The molecule has 0 saturated carbocycles. The van der Waals surface area contributed by atoms with Crippen LogP contribution in [0.2, 0.25) is 0 Å². The molecule has 0 aliphatic rings. The van der Waals surface area contributed by atoms with Crippen LogP contribution in [0.15, 0.2) is 18.2 Å². The summed E-state index contributed by atoms with van der Waals surface area (Å²) in [6.45, 7) is 2.72. The number of Topliss-reactive ketones (excluding diaryl/α,β-unsaturated/α-hetero) is 1. The number of carbonyl (C=O) groups excluding carboxylic acids is 2. The maximum absolute atomic E-state index is 11.1. The Labute approximate surface area is 109 Å². The largest absolute Gasteiger partial charge is 0.475 e. The third-order valence-corrected chi connectivity index (χ3v) is 2.21. The first-order valence-corrected chi connectivity index (χ1v) is 5.53. The predicted octanol–water partition coefficient (Wildman–Crippen LogP) is 1.74. The van der Waals surface area contributed by atoms with E-state index in [1.165, 1.54) is 19.1 Å². The maximum Gasteiger partial charge on any atom is 0.344 e. The van der Waals surface area contributed by atoms with Crippen molar-refractivity contribution >= 4 is 17.4 Å². The van der Waals surface area contributed by atoms with Gasteiger partial charge >= 0.3 is 11.7 Å². The normalized spacial score (nSPS) is 9.79. The van der Waals surface area contributed by atoms with Crippen LogP contribution in [0, 0.1) is 10.1 Å². The van der Waals surface area contributed by atoms with Gasteiger partial charge < -0.3 is 9.47 Å². The molecule has 0 heterocycles. The highest BCUT2D eigenvalue weighted by molar-refractivity contribution is 5.95. The van der Waals surface area contributed by atoms with Gasteiger partial charge in [-0.1, -0.05) is 0 Å². The summed E-state index contributed by atoms with van der Waals surface area (Å²) in [5, 5.41) is 10.9. The van der Waals surface area contributed by atoms with Crippen molar-refractivity contribution in [1.82, 2.24) is 0 Å². The Morgan fingerprint density at radius 1 is 1.37 bits per heavy atom. The Balaban J connectivity index is 2.91. The second-order valence-corrected chi connectivity index (χ2v) is 3.59. The van der Waals surface area contributed by atoms with Crippen LogP contribution >= 0.6 is 0 Å². The first-order chi connectivity index (χ1) is 8.95. The number of nitro groups is 1. The molecule has 0 bridgehead atoms. The molecular formula is C12H13NO6. The summed E-state index contributed by atoms with van der Waals surface area (Å²) in [6.07, 6.45) is 0. The van der Waals surface area contributed by atoms with Crippen LogP contribution < -0.4 is 4.74 Å². The number of hydrogen-bond donors (Lipinski definition) is 0. The lowest BCUT2D eigenvalue weighted by molar-refractivity contribution is -0.385. The Morgan fingerprint density at radius 2 is 2.05 bits per heavy atom. The van der Waals surface area contributed by atoms with Crippen LogP contribution in [0.3, 0.4) is 0 Å². The monoisotopic (exact) mass is 267 g/mol. The fourth-order valence-electron chi connectivity index (χ4n) is 1.34. The average Bonchev–Trinajstić information content (AvgIpc) is 2.36.